The number of fused-ring (bicyclic) bond motifs is 1. The van der Waals surface area contributed by atoms with E-state index in [0.29, 0.717) is 16.5 Å². The molecule has 0 spiro atoms. The standard InChI is InChI=1S/C23H32O11/c1-3-31-16(26)6-5-13-11-14-7-10-32-18(14)20(30-2)19(13)34-22-23(29,8-4-9-24)21(28)17(27)15(12-25)33-22/h7,10-11,15,17,21-22,24-25,27-29H,3-6,8-9,12H2,1-2H3/t15-,17-,21+,22+,23-/m1/s1. The molecule has 0 amide bonds. The highest BCUT2D eigenvalue weighted by Crippen LogP contribution is 2.43. The molecule has 1 aliphatic heterocycles. The van der Waals surface area contributed by atoms with Crippen LogP contribution in [-0.2, 0) is 20.7 Å². The Morgan fingerprint density at radius 3 is 2.65 bits per heavy atom. The van der Waals surface area contributed by atoms with Crippen molar-refractivity contribution in [3.8, 4) is 11.5 Å². The van der Waals surface area contributed by atoms with Crippen LogP contribution in [0.15, 0.2) is 22.8 Å². The normalized spacial score (nSPS) is 27.0. The number of carbonyl (C=O) groups excluding carboxylic acids is 1. The predicted molar refractivity (Wildman–Crippen MR) is 117 cm³/mol. The Labute approximate surface area is 196 Å². The van der Waals surface area contributed by atoms with Crippen molar-refractivity contribution in [3.63, 3.8) is 0 Å². The van der Waals surface area contributed by atoms with Gasteiger partial charge < -0.3 is 48.9 Å². The van der Waals surface area contributed by atoms with E-state index in [1.165, 1.54) is 13.4 Å². The molecule has 0 saturated carbocycles. The third kappa shape index (κ3) is 5.14. The van der Waals surface area contributed by atoms with Gasteiger partial charge in [-0.3, -0.25) is 4.79 Å². The van der Waals surface area contributed by atoms with Crippen LogP contribution in [0.3, 0.4) is 0 Å². The van der Waals surface area contributed by atoms with Gasteiger partial charge in [0.15, 0.2) is 16.9 Å². The molecule has 11 nitrogen and oxygen atoms in total. The Hall–Kier alpha value is -2.41. The van der Waals surface area contributed by atoms with Crippen molar-refractivity contribution in [2.75, 3.05) is 26.9 Å². The first-order valence-electron chi connectivity index (χ1n) is 11.2. The number of rotatable bonds is 11. The third-order valence-electron chi connectivity index (χ3n) is 5.90. The van der Waals surface area contributed by atoms with Gasteiger partial charge in [0.05, 0.1) is 26.6 Å². The largest absolute Gasteiger partial charge is 0.490 e. The van der Waals surface area contributed by atoms with Crippen molar-refractivity contribution in [2.45, 2.75) is 62.8 Å². The van der Waals surface area contributed by atoms with Crippen LogP contribution in [0, 0.1) is 0 Å². The minimum atomic E-state index is -2.13. The van der Waals surface area contributed by atoms with Crippen LogP contribution >= 0.6 is 0 Å². The highest BCUT2D eigenvalue weighted by Gasteiger charge is 2.56. The van der Waals surface area contributed by atoms with Crippen LogP contribution in [0.25, 0.3) is 11.0 Å². The molecular formula is C23H32O11. The molecule has 11 heteroatoms. The van der Waals surface area contributed by atoms with E-state index >= 15 is 0 Å². The number of carbonyl (C=O) groups is 1. The molecule has 3 rings (SSSR count). The minimum Gasteiger partial charge on any atom is -0.490 e. The molecule has 190 valence electrons. The summed E-state index contributed by atoms with van der Waals surface area (Å²) >= 11 is 0. The lowest BCUT2D eigenvalue weighted by atomic mass is 9.83. The molecule has 0 radical (unpaired) electrons. The summed E-state index contributed by atoms with van der Waals surface area (Å²) in [5.41, 5.74) is -1.26. The maximum Gasteiger partial charge on any atom is 0.306 e. The van der Waals surface area contributed by atoms with Crippen LogP contribution < -0.4 is 9.47 Å². The lowest BCUT2D eigenvalue weighted by molar-refractivity contribution is -0.322. The second-order valence-electron chi connectivity index (χ2n) is 8.10. The van der Waals surface area contributed by atoms with Crippen molar-refractivity contribution in [3.05, 3.63) is 24.0 Å². The van der Waals surface area contributed by atoms with E-state index in [2.05, 4.69) is 0 Å². The Balaban J connectivity index is 2.04. The van der Waals surface area contributed by atoms with Crippen molar-refractivity contribution < 1.29 is 53.7 Å². The number of furan rings is 1. The molecular weight excluding hydrogens is 452 g/mol. The molecule has 0 bridgehead atoms. The summed E-state index contributed by atoms with van der Waals surface area (Å²) in [4.78, 5) is 12.0. The first-order valence-corrected chi connectivity index (χ1v) is 11.2. The Morgan fingerprint density at radius 2 is 2.00 bits per heavy atom. The summed E-state index contributed by atoms with van der Waals surface area (Å²) in [6.45, 7) is 1.02. The highest BCUT2D eigenvalue weighted by molar-refractivity contribution is 5.87. The van der Waals surface area contributed by atoms with Gasteiger partial charge in [0.25, 0.3) is 0 Å². The zero-order chi connectivity index (χ0) is 24.9. The molecule has 1 fully saturated rings. The third-order valence-corrected chi connectivity index (χ3v) is 5.90. The Bertz CT molecular complexity index is 958. The van der Waals surface area contributed by atoms with E-state index in [9.17, 15) is 30.3 Å². The van der Waals surface area contributed by atoms with Crippen molar-refractivity contribution in [1.82, 2.24) is 0 Å². The average Bonchev–Trinajstić information content (AvgIpc) is 3.30. The summed E-state index contributed by atoms with van der Waals surface area (Å²) in [6.07, 6.45) is -4.52. The highest BCUT2D eigenvalue weighted by atomic mass is 16.7. The summed E-state index contributed by atoms with van der Waals surface area (Å²) in [5, 5.41) is 51.9. The van der Waals surface area contributed by atoms with E-state index in [1.54, 1.807) is 19.1 Å². The quantitative estimate of drug-likeness (QED) is 0.277. The molecule has 5 N–H and O–H groups in total. The number of hydrogen-bond acceptors (Lipinski definition) is 11. The number of ether oxygens (including phenoxy) is 4. The molecule has 0 unspecified atom stereocenters. The molecule has 5 atom stereocenters. The fourth-order valence-electron chi connectivity index (χ4n) is 4.10. The van der Waals surface area contributed by atoms with Crippen LogP contribution in [0.4, 0.5) is 0 Å². The zero-order valence-electron chi connectivity index (χ0n) is 19.2. The molecule has 1 aliphatic rings. The van der Waals surface area contributed by atoms with Gasteiger partial charge in [0.1, 0.15) is 18.3 Å². The predicted octanol–water partition coefficient (Wildman–Crippen LogP) is 0.258. The van der Waals surface area contributed by atoms with Crippen LogP contribution in [0.1, 0.15) is 31.7 Å². The average molecular weight is 484 g/mol. The van der Waals surface area contributed by atoms with Gasteiger partial charge in [-0.1, -0.05) is 0 Å². The molecule has 0 aliphatic carbocycles. The number of hydrogen-bond donors (Lipinski definition) is 5. The van der Waals surface area contributed by atoms with Gasteiger partial charge in [-0.05, 0) is 43.9 Å². The van der Waals surface area contributed by atoms with Gasteiger partial charge in [-0.2, -0.15) is 0 Å². The monoisotopic (exact) mass is 484 g/mol. The first-order chi connectivity index (χ1) is 16.3. The topological polar surface area (TPSA) is 168 Å². The maximum absolute atomic E-state index is 12.0. The number of aliphatic hydroxyl groups excluding tert-OH is 4. The Morgan fingerprint density at radius 1 is 1.24 bits per heavy atom. The van der Waals surface area contributed by atoms with Crippen LogP contribution in [0.2, 0.25) is 0 Å². The first kappa shape index (κ1) is 26.2. The summed E-state index contributed by atoms with van der Waals surface area (Å²) in [5.74, 6) is -0.135. The number of benzene rings is 1. The second kappa shape index (κ2) is 11.3. The van der Waals surface area contributed by atoms with Crippen molar-refractivity contribution in [1.29, 1.82) is 0 Å². The van der Waals surface area contributed by atoms with E-state index < -0.39 is 42.8 Å². The SMILES string of the molecule is CCOC(=O)CCc1cc2ccoc2c(OC)c1O[C@@H]1O[C@H](CO)[C@@H](O)[C@H](O)[C@]1(O)CCCO. The fourth-order valence-corrected chi connectivity index (χ4v) is 4.10. The molecule has 2 heterocycles. The molecule has 1 saturated heterocycles. The van der Waals surface area contributed by atoms with Crippen molar-refractivity contribution >= 4 is 16.9 Å². The molecule has 2 aromatic rings. The fraction of sp³-hybridized carbons (Fsp3) is 0.609. The summed E-state index contributed by atoms with van der Waals surface area (Å²) in [7, 11) is 1.40. The minimum absolute atomic E-state index is 0.0393. The number of methoxy groups -OCH3 is 1. The van der Waals surface area contributed by atoms with Crippen LogP contribution in [-0.4, -0.2) is 88.6 Å². The molecule has 1 aromatic carbocycles. The van der Waals surface area contributed by atoms with Crippen molar-refractivity contribution in [2.24, 2.45) is 0 Å². The smallest absolute Gasteiger partial charge is 0.306 e. The van der Waals surface area contributed by atoms with Gasteiger partial charge >= 0.3 is 5.97 Å². The summed E-state index contributed by atoms with van der Waals surface area (Å²) < 4.78 is 27.8. The van der Waals surface area contributed by atoms with E-state index in [0.717, 1.165) is 0 Å². The zero-order valence-corrected chi connectivity index (χ0v) is 19.2. The summed E-state index contributed by atoms with van der Waals surface area (Å²) in [6, 6.07) is 3.45. The van der Waals surface area contributed by atoms with Gasteiger partial charge in [0.2, 0.25) is 12.0 Å². The maximum atomic E-state index is 12.0. The van der Waals surface area contributed by atoms with Crippen LogP contribution in [0.5, 0.6) is 11.5 Å². The number of aryl methyl sites for hydroxylation is 1. The van der Waals surface area contributed by atoms with E-state index in [4.69, 9.17) is 23.4 Å². The van der Waals surface area contributed by atoms with Gasteiger partial charge in [-0.25, -0.2) is 0 Å². The second-order valence-corrected chi connectivity index (χ2v) is 8.10. The molecule has 1 aromatic heterocycles. The molecule has 34 heavy (non-hydrogen) atoms. The lowest BCUT2D eigenvalue weighted by Crippen LogP contribution is -2.68. The number of aliphatic hydroxyl groups is 5. The lowest BCUT2D eigenvalue weighted by Gasteiger charge is -2.47. The Kier molecular flexibility index (Phi) is 8.74. The van der Waals surface area contributed by atoms with E-state index in [1.807, 2.05) is 0 Å². The van der Waals surface area contributed by atoms with E-state index in [-0.39, 0.29) is 50.4 Å². The van der Waals surface area contributed by atoms with Gasteiger partial charge in [-0.15, -0.1) is 0 Å². The van der Waals surface area contributed by atoms with Gasteiger partial charge in [0, 0.05) is 18.4 Å². The number of esters is 1.